The fourth-order valence-electron chi connectivity index (χ4n) is 4.21. The van der Waals surface area contributed by atoms with E-state index in [0.29, 0.717) is 43.8 Å². The summed E-state index contributed by atoms with van der Waals surface area (Å²) in [5, 5.41) is 7.16. The number of benzene rings is 1. The van der Waals surface area contributed by atoms with Gasteiger partial charge < -0.3 is 14.7 Å². The number of carbonyl (C=O) groups excluding carboxylic acids is 2. The van der Waals surface area contributed by atoms with E-state index in [0.717, 1.165) is 17.7 Å². The molecule has 2 aromatic heterocycles. The van der Waals surface area contributed by atoms with Gasteiger partial charge in [-0.2, -0.15) is 0 Å². The number of pyridine rings is 1. The van der Waals surface area contributed by atoms with Gasteiger partial charge in [0.2, 0.25) is 5.91 Å². The SMILES string of the molecule is CCNC(=O)[C@]1(Cc2cc(-c3ccccc3)no2)CCCN(C(=O)c2cccnc2)C1. The summed E-state index contributed by atoms with van der Waals surface area (Å²) in [5.41, 5.74) is 1.46. The van der Waals surface area contributed by atoms with Crippen LogP contribution < -0.4 is 5.32 Å². The summed E-state index contributed by atoms with van der Waals surface area (Å²) >= 11 is 0. The topological polar surface area (TPSA) is 88.3 Å². The van der Waals surface area contributed by atoms with Crippen LogP contribution in [0.15, 0.2) is 65.4 Å². The Morgan fingerprint density at radius 1 is 1.19 bits per heavy atom. The molecule has 1 N–H and O–H groups in total. The monoisotopic (exact) mass is 418 g/mol. The van der Waals surface area contributed by atoms with Crippen LogP contribution in [0.25, 0.3) is 11.3 Å². The Morgan fingerprint density at radius 2 is 2.03 bits per heavy atom. The van der Waals surface area contributed by atoms with Crippen molar-refractivity contribution in [1.82, 2.24) is 20.4 Å². The fraction of sp³-hybridized carbons (Fsp3) is 0.333. The van der Waals surface area contributed by atoms with Crippen LogP contribution in [0.3, 0.4) is 0 Å². The molecule has 160 valence electrons. The highest BCUT2D eigenvalue weighted by molar-refractivity contribution is 5.94. The number of likely N-dealkylation sites (tertiary alicyclic amines) is 1. The summed E-state index contributed by atoms with van der Waals surface area (Å²) in [7, 11) is 0. The molecule has 1 atom stereocenters. The van der Waals surface area contributed by atoms with Crippen LogP contribution in [0, 0.1) is 5.41 Å². The van der Waals surface area contributed by atoms with Crippen molar-refractivity contribution < 1.29 is 14.1 Å². The van der Waals surface area contributed by atoms with Gasteiger partial charge in [-0.3, -0.25) is 14.6 Å². The number of piperidine rings is 1. The summed E-state index contributed by atoms with van der Waals surface area (Å²) in [6.45, 7) is 3.37. The molecule has 0 aliphatic carbocycles. The molecule has 0 unspecified atom stereocenters. The lowest BCUT2D eigenvalue weighted by molar-refractivity contribution is -0.133. The second kappa shape index (κ2) is 9.12. The average Bonchev–Trinajstić information content (AvgIpc) is 3.28. The molecule has 0 spiro atoms. The Labute approximate surface area is 181 Å². The van der Waals surface area contributed by atoms with Crippen LogP contribution in [0.5, 0.6) is 0 Å². The number of nitrogens with zero attached hydrogens (tertiary/aromatic N) is 3. The molecular formula is C24H26N4O3. The summed E-state index contributed by atoms with van der Waals surface area (Å²) < 4.78 is 5.61. The fourth-order valence-corrected chi connectivity index (χ4v) is 4.21. The van der Waals surface area contributed by atoms with Gasteiger partial charge in [-0.1, -0.05) is 35.5 Å². The highest BCUT2D eigenvalue weighted by Crippen LogP contribution is 2.35. The van der Waals surface area contributed by atoms with Gasteiger partial charge >= 0.3 is 0 Å². The summed E-state index contributed by atoms with van der Waals surface area (Å²) in [6.07, 6.45) is 5.00. The quantitative estimate of drug-likeness (QED) is 0.663. The smallest absolute Gasteiger partial charge is 0.255 e. The normalized spacial score (nSPS) is 18.5. The van der Waals surface area contributed by atoms with Gasteiger partial charge in [-0.15, -0.1) is 0 Å². The second-order valence-corrected chi connectivity index (χ2v) is 7.93. The number of rotatable bonds is 6. The third-order valence-electron chi connectivity index (χ3n) is 5.73. The molecule has 3 heterocycles. The van der Waals surface area contributed by atoms with Crippen LogP contribution in [0.4, 0.5) is 0 Å². The Hall–Kier alpha value is -3.48. The van der Waals surface area contributed by atoms with Gasteiger partial charge in [0.05, 0.1) is 11.0 Å². The van der Waals surface area contributed by atoms with Crippen molar-refractivity contribution in [1.29, 1.82) is 0 Å². The zero-order valence-electron chi connectivity index (χ0n) is 17.6. The molecule has 0 saturated carbocycles. The minimum Gasteiger partial charge on any atom is -0.361 e. The van der Waals surface area contributed by atoms with Crippen molar-refractivity contribution in [3.8, 4) is 11.3 Å². The van der Waals surface area contributed by atoms with Gasteiger partial charge in [0, 0.05) is 50.1 Å². The van der Waals surface area contributed by atoms with Crippen molar-refractivity contribution in [3.63, 3.8) is 0 Å². The molecular weight excluding hydrogens is 392 g/mol. The third kappa shape index (κ3) is 4.50. The number of hydrogen-bond donors (Lipinski definition) is 1. The Bertz CT molecular complexity index is 1040. The second-order valence-electron chi connectivity index (χ2n) is 7.93. The van der Waals surface area contributed by atoms with E-state index in [2.05, 4.69) is 15.5 Å². The van der Waals surface area contributed by atoms with Crippen LogP contribution in [0.1, 0.15) is 35.9 Å². The minimum atomic E-state index is -0.764. The van der Waals surface area contributed by atoms with Crippen molar-refractivity contribution in [2.75, 3.05) is 19.6 Å². The molecule has 1 aliphatic heterocycles. The van der Waals surface area contributed by atoms with Crippen molar-refractivity contribution >= 4 is 11.8 Å². The zero-order valence-corrected chi connectivity index (χ0v) is 17.6. The lowest BCUT2D eigenvalue weighted by Crippen LogP contribution is -2.54. The van der Waals surface area contributed by atoms with E-state index in [4.69, 9.17) is 4.52 Å². The molecule has 1 aliphatic rings. The van der Waals surface area contributed by atoms with Crippen LogP contribution >= 0.6 is 0 Å². The largest absolute Gasteiger partial charge is 0.361 e. The molecule has 1 saturated heterocycles. The Kier molecular flexibility index (Phi) is 6.11. The molecule has 1 fully saturated rings. The average molecular weight is 418 g/mol. The third-order valence-corrected chi connectivity index (χ3v) is 5.73. The molecule has 7 heteroatoms. The first kappa shape index (κ1) is 20.8. The zero-order chi connectivity index (χ0) is 21.7. The minimum absolute atomic E-state index is 0.0589. The van der Waals surface area contributed by atoms with Gasteiger partial charge in [0.1, 0.15) is 11.5 Å². The Balaban J connectivity index is 1.59. The Morgan fingerprint density at radius 3 is 2.77 bits per heavy atom. The maximum absolute atomic E-state index is 13.2. The van der Waals surface area contributed by atoms with Crippen LogP contribution in [-0.4, -0.2) is 46.5 Å². The highest BCUT2D eigenvalue weighted by Gasteiger charge is 2.44. The van der Waals surface area contributed by atoms with E-state index in [-0.39, 0.29) is 11.8 Å². The van der Waals surface area contributed by atoms with E-state index in [1.807, 2.05) is 43.3 Å². The lowest BCUT2D eigenvalue weighted by Gasteiger charge is -2.41. The summed E-state index contributed by atoms with van der Waals surface area (Å²) in [4.78, 5) is 32.0. The molecule has 2 amide bonds. The lowest BCUT2D eigenvalue weighted by atomic mass is 9.75. The molecule has 1 aromatic carbocycles. The number of carbonyl (C=O) groups is 2. The number of nitrogens with one attached hydrogen (secondary N) is 1. The molecule has 0 bridgehead atoms. The van der Waals surface area contributed by atoms with E-state index in [1.165, 1.54) is 0 Å². The van der Waals surface area contributed by atoms with Crippen LogP contribution in [-0.2, 0) is 11.2 Å². The number of amides is 2. The maximum atomic E-state index is 13.2. The van der Waals surface area contributed by atoms with Crippen molar-refractivity contribution in [2.45, 2.75) is 26.2 Å². The van der Waals surface area contributed by atoms with Gasteiger partial charge in [0.15, 0.2) is 0 Å². The standard InChI is InChI=1S/C24H26N4O3/c1-2-26-23(30)24(15-20-14-21(27-31-20)18-8-4-3-5-9-18)11-7-13-28(17-24)22(29)19-10-6-12-25-16-19/h3-6,8-10,12,14,16H,2,7,11,13,15,17H2,1H3,(H,26,30)/t24-/m0/s1. The number of hydrogen-bond acceptors (Lipinski definition) is 5. The van der Waals surface area contributed by atoms with Crippen molar-refractivity contribution in [2.24, 2.45) is 5.41 Å². The maximum Gasteiger partial charge on any atom is 0.255 e. The summed E-state index contributed by atoms with van der Waals surface area (Å²) in [5.74, 6) is 0.473. The van der Waals surface area contributed by atoms with E-state index in [9.17, 15) is 9.59 Å². The predicted octanol–water partition coefficient (Wildman–Crippen LogP) is 3.34. The molecule has 0 radical (unpaired) electrons. The van der Waals surface area contributed by atoms with Gasteiger partial charge in [-0.05, 0) is 31.9 Å². The molecule has 7 nitrogen and oxygen atoms in total. The van der Waals surface area contributed by atoms with Crippen LogP contribution in [0.2, 0.25) is 0 Å². The first-order valence-electron chi connectivity index (χ1n) is 10.6. The van der Waals surface area contributed by atoms with E-state index in [1.54, 1.807) is 29.4 Å². The highest BCUT2D eigenvalue weighted by atomic mass is 16.5. The first-order valence-corrected chi connectivity index (χ1v) is 10.6. The molecule has 31 heavy (non-hydrogen) atoms. The molecule has 3 aromatic rings. The van der Waals surface area contributed by atoms with E-state index < -0.39 is 5.41 Å². The van der Waals surface area contributed by atoms with Gasteiger partial charge in [-0.25, -0.2) is 0 Å². The van der Waals surface area contributed by atoms with Gasteiger partial charge in [0.25, 0.3) is 5.91 Å². The van der Waals surface area contributed by atoms with Crippen molar-refractivity contribution in [3.05, 3.63) is 72.2 Å². The summed E-state index contributed by atoms with van der Waals surface area (Å²) in [6, 6.07) is 15.2. The first-order chi connectivity index (χ1) is 15.1. The molecule has 4 rings (SSSR count). The number of aromatic nitrogens is 2. The van der Waals surface area contributed by atoms with E-state index >= 15 is 0 Å². The predicted molar refractivity (Wildman–Crippen MR) is 116 cm³/mol.